The van der Waals surface area contributed by atoms with Crippen molar-refractivity contribution in [2.24, 2.45) is 0 Å². The number of fused-ring (bicyclic) bond motifs is 5. The molecule has 0 amide bonds. The quantitative estimate of drug-likeness (QED) is 0.413. The molecule has 0 fully saturated rings. The highest BCUT2D eigenvalue weighted by Crippen LogP contribution is 2.30. The lowest BCUT2D eigenvalue weighted by Gasteiger charge is -2.09. The maximum atomic E-state index is 9.29. The van der Waals surface area contributed by atoms with Crippen molar-refractivity contribution in [1.82, 2.24) is 0 Å². The molecule has 0 aliphatic heterocycles. The first kappa shape index (κ1) is 12.4. The van der Waals surface area contributed by atoms with Crippen LogP contribution in [0.3, 0.4) is 0 Å². The Bertz CT molecular complexity index is 976. The lowest BCUT2D eigenvalue weighted by Crippen LogP contribution is -2.29. The zero-order valence-electron chi connectivity index (χ0n) is 11.3. The summed E-state index contributed by atoms with van der Waals surface area (Å²) < 4.78 is 0. The third kappa shape index (κ3) is 1.90. The van der Waals surface area contributed by atoms with E-state index in [1.165, 1.54) is 21.5 Å². The van der Waals surface area contributed by atoms with Crippen LogP contribution in [0.15, 0.2) is 66.7 Å². The minimum atomic E-state index is -1.43. The predicted octanol–water partition coefficient (Wildman–Crippen LogP) is 2.83. The summed E-state index contributed by atoms with van der Waals surface area (Å²) in [6, 6.07) is 22.3. The topological polar surface area (TPSA) is 40.5 Å². The predicted molar refractivity (Wildman–Crippen MR) is 88.8 cm³/mol. The molecule has 0 saturated carbocycles. The molecule has 4 rings (SSSR count). The van der Waals surface area contributed by atoms with Gasteiger partial charge in [0.25, 0.3) is 0 Å². The average molecular weight is 272 g/mol. The second-order valence-corrected chi connectivity index (χ2v) is 5.30. The van der Waals surface area contributed by atoms with Crippen molar-refractivity contribution in [3.8, 4) is 0 Å². The summed E-state index contributed by atoms with van der Waals surface area (Å²) in [5, 5.41) is 25.6. The smallest absolute Gasteiger partial charge is 0.423 e. The van der Waals surface area contributed by atoms with Crippen molar-refractivity contribution in [3.05, 3.63) is 66.7 Å². The third-order valence-electron chi connectivity index (χ3n) is 4.06. The lowest BCUT2D eigenvalue weighted by atomic mass is 9.79. The second-order valence-electron chi connectivity index (χ2n) is 5.30. The third-order valence-corrected chi connectivity index (χ3v) is 4.06. The highest BCUT2D eigenvalue weighted by atomic mass is 16.4. The van der Waals surface area contributed by atoms with E-state index < -0.39 is 7.12 Å². The first-order chi connectivity index (χ1) is 10.2. The Kier molecular flexibility index (Phi) is 2.71. The Balaban J connectivity index is 2.12. The minimum absolute atomic E-state index is 0.516. The number of rotatable bonds is 1. The molecule has 0 saturated heterocycles. The van der Waals surface area contributed by atoms with Gasteiger partial charge in [-0.15, -0.1) is 0 Å². The van der Waals surface area contributed by atoms with Gasteiger partial charge < -0.3 is 10.0 Å². The molecule has 0 aliphatic carbocycles. The average Bonchev–Trinajstić information content (AvgIpc) is 2.53. The molecular formula is C18H13BO2. The summed E-state index contributed by atoms with van der Waals surface area (Å²) in [7, 11) is -1.43. The van der Waals surface area contributed by atoms with Gasteiger partial charge in [-0.2, -0.15) is 0 Å². The van der Waals surface area contributed by atoms with Crippen LogP contribution in [0, 0.1) is 0 Å². The molecule has 0 bridgehead atoms. The molecule has 3 heteroatoms. The van der Waals surface area contributed by atoms with Crippen LogP contribution in [-0.2, 0) is 0 Å². The lowest BCUT2D eigenvalue weighted by molar-refractivity contribution is 0.426. The maximum Gasteiger partial charge on any atom is 0.488 e. The molecule has 0 spiro atoms. The van der Waals surface area contributed by atoms with Gasteiger partial charge in [0.15, 0.2) is 0 Å². The van der Waals surface area contributed by atoms with Crippen LogP contribution in [0.25, 0.3) is 32.3 Å². The van der Waals surface area contributed by atoms with E-state index in [1.807, 2.05) is 24.3 Å². The van der Waals surface area contributed by atoms with Crippen LogP contribution in [0.5, 0.6) is 0 Å². The molecule has 0 heterocycles. The van der Waals surface area contributed by atoms with Crippen molar-refractivity contribution < 1.29 is 10.0 Å². The van der Waals surface area contributed by atoms with E-state index in [2.05, 4.69) is 36.4 Å². The SMILES string of the molecule is OB(O)c1ccc2c(ccc3c4ccccc4ccc23)c1. The standard InChI is InChI=1S/C18H13BO2/c20-19(21)14-7-10-16-13(11-14)6-9-17-15-4-2-1-3-12(15)5-8-18(16)17/h1-11,20-21H. The van der Waals surface area contributed by atoms with Gasteiger partial charge in [0.2, 0.25) is 0 Å². The Labute approximate surface area is 122 Å². The van der Waals surface area contributed by atoms with Crippen LogP contribution >= 0.6 is 0 Å². The molecule has 0 aromatic heterocycles. The molecule has 0 radical (unpaired) electrons. The van der Waals surface area contributed by atoms with Crippen LogP contribution in [0.1, 0.15) is 0 Å². The van der Waals surface area contributed by atoms with E-state index in [0.29, 0.717) is 5.46 Å². The van der Waals surface area contributed by atoms with Crippen molar-refractivity contribution in [1.29, 1.82) is 0 Å². The van der Waals surface area contributed by atoms with Crippen molar-refractivity contribution in [2.75, 3.05) is 0 Å². The normalized spacial score (nSPS) is 11.3. The number of hydrogen-bond donors (Lipinski definition) is 2. The van der Waals surface area contributed by atoms with Gasteiger partial charge in [0, 0.05) is 0 Å². The molecule has 2 nitrogen and oxygen atoms in total. The monoisotopic (exact) mass is 272 g/mol. The fourth-order valence-corrected chi connectivity index (χ4v) is 3.01. The van der Waals surface area contributed by atoms with E-state index in [0.717, 1.165) is 10.8 Å². The highest BCUT2D eigenvalue weighted by molar-refractivity contribution is 6.59. The first-order valence-corrected chi connectivity index (χ1v) is 6.94. The summed E-state index contributed by atoms with van der Waals surface area (Å²) in [5.74, 6) is 0. The van der Waals surface area contributed by atoms with E-state index in [-0.39, 0.29) is 0 Å². The first-order valence-electron chi connectivity index (χ1n) is 6.94. The Hall–Kier alpha value is -2.36. The zero-order valence-corrected chi connectivity index (χ0v) is 11.3. The molecule has 4 aromatic carbocycles. The van der Waals surface area contributed by atoms with Gasteiger partial charge in [-0.3, -0.25) is 0 Å². The van der Waals surface area contributed by atoms with Gasteiger partial charge in [-0.05, 0) is 37.8 Å². The molecule has 2 N–H and O–H groups in total. The van der Waals surface area contributed by atoms with E-state index in [9.17, 15) is 10.0 Å². The van der Waals surface area contributed by atoms with E-state index >= 15 is 0 Å². The molecule has 0 atom stereocenters. The Morgan fingerprint density at radius 1 is 0.571 bits per heavy atom. The Morgan fingerprint density at radius 2 is 1.19 bits per heavy atom. The van der Waals surface area contributed by atoms with Crippen LogP contribution in [-0.4, -0.2) is 17.2 Å². The highest BCUT2D eigenvalue weighted by Gasteiger charge is 2.12. The summed E-state index contributed by atoms with van der Waals surface area (Å²) in [6.07, 6.45) is 0. The number of benzene rings is 4. The van der Waals surface area contributed by atoms with E-state index in [1.54, 1.807) is 6.07 Å². The largest absolute Gasteiger partial charge is 0.488 e. The van der Waals surface area contributed by atoms with Crippen molar-refractivity contribution >= 4 is 44.9 Å². The van der Waals surface area contributed by atoms with E-state index in [4.69, 9.17) is 0 Å². The minimum Gasteiger partial charge on any atom is -0.423 e. The summed E-state index contributed by atoms with van der Waals surface area (Å²) in [6.45, 7) is 0. The Morgan fingerprint density at radius 3 is 1.95 bits per heavy atom. The molecular weight excluding hydrogens is 259 g/mol. The van der Waals surface area contributed by atoms with Gasteiger partial charge in [-0.25, -0.2) is 0 Å². The van der Waals surface area contributed by atoms with Crippen molar-refractivity contribution in [2.45, 2.75) is 0 Å². The van der Waals surface area contributed by atoms with Crippen LogP contribution in [0.4, 0.5) is 0 Å². The van der Waals surface area contributed by atoms with Gasteiger partial charge in [-0.1, -0.05) is 66.7 Å². The summed E-state index contributed by atoms with van der Waals surface area (Å²) in [5.41, 5.74) is 0.516. The molecule has 0 unspecified atom stereocenters. The molecule has 4 aromatic rings. The molecule has 21 heavy (non-hydrogen) atoms. The van der Waals surface area contributed by atoms with Gasteiger partial charge >= 0.3 is 7.12 Å². The van der Waals surface area contributed by atoms with Crippen molar-refractivity contribution in [3.63, 3.8) is 0 Å². The zero-order chi connectivity index (χ0) is 14.4. The fraction of sp³-hybridized carbons (Fsp3) is 0. The van der Waals surface area contributed by atoms with Crippen LogP contribution in [0.2, 0.25) is 0 Å². The maximum absolute atomic E-state index is 9.29. The molecule has 0 aliphatic rings. The molecule has 100 valence electrons. The summed E-state index contributed by atoms with van der Waals surface area (Å²) in [4.78, 5) is 0. The van der Waals surface area contributed by atoms with Gasteiger partial charge in [0.1, 0.15) is 0 Å². The number of hydrogen-bond acceptors (Lipinski definition) is 2. The second kappa shape index (κ2) is 4.59. The summed E-state index contributed by atoms with van der Waals surface area (Å²) >= 11 is 0. The van der Waals surface area contributed by atoms with Gasteiger partial charge in [0.05, 0.1) is 0 Å². The van der Waals surface area contributed by atoms with Crippen LogP contribution < -0.4 is 5.46 Å². The fourth-order valence-electron chi connectivity index (χ4n) is 3.01.